The summed E-state index contributed by atoms with van der Waals surface area (Å²) >= 11 is 0. The van der Waals surface area contributed by atoms with E-state index in [1.807, 2.05) is 0 Å². The first-order valence-corrected chi connectivity index (χ1v) is 2.82. The summed E-state index contributed by atoms with van der Waals surface area (Å²) in [5.74, 6) is -0.289. The van der Waals surface area contributed by atoms with Gasteiger partial charge in [-0.1, -0.05) is 5.16 Å². The standard InChI is InChI=1S/C4H5N5O3/c10-4-7-2(1-5-11)6-3(8-4)9-12/h1,11-12H,(H2,6,7,8,9,10). The van der Waals surface area contributed by atoms with Gasteiger partial charge in [0.15, 0.2) is 5.82 Å². The molecule has 0 spiro atoms. The highest BCUT2D eigenvalue weighted by molar-refractivity contribution is 5.73. The first-order valence-electron chi connectivity index (χ1n) is 2.82. The van der Waals surface area contributed by atoms with Crippen molar-refractivity contribution >= 4 is 12.2 Å². The quantitative estimate of drug-likeness (QED) is 0.251. The predicted molar refractivity (Wildman–Crippen MR) is 37.4 cm³/mol. The van der Waals surface area contributed by atoms with Crippen molar-refractivity contribution in [2.24, 2.45) is 5.16 Å². The van der Waals surface area contributed by atoms with Crippen molar-refractivity contribution in [2.75, 3.05) is 5.48 Å². The molecule has 0 fully saturated rings. The molecule has 64 valence electrons. The summed E-state index contributed by atoms with van der Waals surface area (Å²) in [6.07, 6.45) is 0.893. The van der Waals surface area contributed by atoms with Crippen LogP contribution in [0.3, 0.4) is 0 Å². The summed E-state index contributed by atoms with van der Waals surface area (Å²) in [5, 5.41) is 19.0. The number of nitrogens with zero attached hydrogens (tertiary/aromatic N) is 3. The molecule has 8 heteroatoms. The van der Waals surface area contributed by atoms with Crippen molar-refractivity contribution in [3.63, 3.8) is 0 Å². The zero-order valence-electron chi connectivity index (χ0n) is 5.72. The number of anilines is 1. The van der Waals surface area contributed by atoms with E-state index in [1.165, 1.54) is 0 Å². The van der Waals surface area contributed by atoms with E-state index in [0.29, 0.717) is 0 Å². The maximum atomic E-state index is 10.6. The van der Waals surface area contributed by atoms with Crippen molar-refractivity contribution in [2.45, 2.75) is 0 Å². The Balaban J connectivity index is 3.15. The van der Waals surface area contributed by atoms with Gasteiger partial charge in [0.1, 0.15) is 6.21 Å². The molecule has 12 heavy (non-hydrogen) atoms. The average Bonchev–Trinajstić information content (AvgIpc) is 2.04. The van der Waals surface area contributed by atoms with E-state index in [2.05, 4.69) is 20.1 Å². The monoisotopic (exact) mass is 171 g/mol. The Morgan fingerprint density at radius 1 is 1.58 bits per heavy atom. The van der Waals surface area contributed by atoms with Crippen LogP contribution in [0.25, 0.3) is 0 Å². The van der Waals surface area contributed by atoms with Gasteiger partial charge in [0.2, 0.25) is 0 Å². The maximum Gasteiger partial charge on any atom is 0.349 e. The zero-order chi connectivity index (χ0) is 8.97. The molecule has 0 aliphatic carbocycles. The fraction of sp³-hybridized carbons (Fsp3) is 0. The van der Waals surface area contributed by atoms with Gasteiger partial charge in [0.05, 0.1) is 0 Å². The molecule has 1 rings (SSSR count). The fourth-order valence-corrected chi connectivity index (χ4v) is 0.567. The van der Waals surface area contributed by atoms with E-state index in [4.69, 9.17) is 10.4 Å². The minimum Gasteiger partial charge on any atom is -0.411 e. The summed E-state index contributed by atoms with van der Waals surface area (Å²) < 4.78 is 0. The number of aromatic amines is 1. The molecule has 1 aromatic heterocycles. The van der Waals surface area contributed by atoms with Gasteiger partial charge in [-0.25, -0.2) is 10.3 Å². The van der Waals surface area contributed by atoms with Crippen LogP contribution in [-0.4, -0.2) is 31.6 Å². The molecule has 8 nitrogen and oxygen atoms in total. The molecular formula is C4H5N5O3. The van der Waals surface area contributed by atoms with Crippen LogP contribution in [0.4, 0.5) is 5.95 Å². The van der Waals surface area contributed by atoms with Crippen LogP contribution in [0, 0.1) is 0 Å². The average molecular weight is 171 g/mol. The van der Waals surface area contributed by atoms with E-state index in [-0.39, 0.29) is 11.8 Å². The minimum atomic E-state index is -0.712. The largest absolute Gasteiger partial charge is 0.411 e. The Bertz CT molecular complexity index is 345. The number of hydrogen-bond acceptors (Lipinski definition) is 7. The second-order valence-electron chi connectivity index (χ2n) is 1.72. The molecule has 0 atom stereocenters. The Hall–Kier alpha value is -1.96. The van der Waals surface area contributed by atoms with Gasteiger partial charge in [-0.3, -0.25) is 10.2 Å². The Labute approximate surface area is 65.6 Å². The molecule has 0 aromatic carbocycles. The van der Waals surface area contributed by atoms with Gasteiger partial charge in [0, 0.05) is 0 Å². The SMILES string of the molecule is O=c1nc(NO)nc(C=NO)[nH]1. The van der Waals surface area contributed by atoms with E-state index < -0.39 is 5.69 Å². The third-order valence-corrected chi connectivity index (χ3v) is 0.949. The third kappa shape index (κ3) is 1.76. The second-order valence-corrected chi connectivity index (χ2v) is 1.72. The van der Waals surface area contributed by atoms with Crippen LogP contribution in [0.15, 0.2) is 9.95 Å². The third-order valence-electron chi connectivity index (χ3n) is 0.949. The summed E-state index contributed by atoms with van der Waals surface area (Å²) in [6, 6.07) is 0. The van der Waals surface area contributed by atoms with Crippen molar-refractivity contribution in [3.05, 3.63) is 16.3 Å². The Morgan fingerprint density at radius 2 is 2.33 bits per heavy atom. The normalized spacial score (nSPS) is 10.4. The fourth-order valence-electron chi connectivity index (χ4n) is 0.567. The Kier molecular flexibility index (Phi) is 2.33. The number of H-pyrrole nitrogens is 1. The highest BCUT2D eigenvalue weighted by Gasteiger charge is 1.98. The first kappa shape index (κ1) is 8.14. The molecular weight excluding hydrogens is 166 g/mol. The van der Waals surface area contributed by atoms with Gasteiger partial charge in [-0.2, -0.15) is 9.97 Å². The van der Waals surface area contributed by atoms with Crippen LogP contribution in [0.5, 0.6) is 0 Å². The molecule has 0 aliphatic heterocycles. The minimum absolute atomic E-state index is 0.0194. The number of rotatable bonds is 2. The van der Waals surface area contributed by atoms with E-state index in [0.717, 1.165) is 6.21 Å². The molecule has 0 saturated heterocycles. The lowest BCUT2D eigenvalue weighted by molar-refractivity contribution is 0.321. The van der Waals surface area contributed by atoms with Gasteiger partial charge < -0.3 is 5.21 Å². The number of nitrogens with one attached hydrogen (secondary N) is 2. The molecule has 0 radical (unpaired) electrons. The van der Waals surface area contributed by atoms with Crippen LogP contribution in [0.2, 0.25) is 0 Å². The lowest BCUT2D eigenvalue weighted by Crippen LogP contribution is -2.17. The van der Waals surface area contributed by atoms with Crippen LogP contribution < -0.4 is 11.2 Å². The number of oxime groups is 1. The summed E-state index contributed by atoms with van der Waals surface area (Å²) in [4.78, 5) is 19.5. The molecule has 1 heterocycles. The van der Waals surface area contributed by atoms with E-state index in [1.54, 1.807) is 5.48 Å². The molecule has 0 saturated carbocycles. The zero-order valence-corrected chi connectivity index (χ0v) is 5.72. The van der Waals surface area contributed by atoms with Gasteiger partial charge in [0.25, 0.3) is 5.95 Å². The highest BCUT2D eigenvalue weighted by Crippen LogP contribution is 1.88. The summed E-state index contributed by atoms with van der Waals surface area (Å²) in [7, 11) is 0. The molecule has 0 aliphatic rings. The number of hydrogen-bond donors (Lipinski definition) is 4. The molecule has 0 amide bonds. The van der Waals surface area contributed by atoms with Crippen molar-refractivity contribution in [3.8, 4) is 0 Å². The lowest BCUT2D eigenvalue weighted by atomic mass is 10.6. The molecule has 4 N–H and O–H groups in total. The van der Waals surface area contributed by atoms with Crippen molar-refractivity contribution in [1.29, 1.82) is 0 Å². The number of aromatic nitrogens is 3. The van der Waals surface area contributed by atoms with Crippen LogP contribution >= 0.6 is 0 Å². The second kappa shape index (κ2) is 3.44. The molecule has 0 unspecified atom stereocenters. The van der Waals surface area contributed by atoms with Crippen LogP contribution in [0.1, 0.15) is 5.82 Å². The predicted octanol–water partition coefficient (Wildman–Crippen LogP) is -1.23. The topological polar surface area (TPSA) is 123 Å². The highest BCUT2D eigenvalue weighted by atomic mass is 16.5. The van der Waals surface area contributed by atoms with Crippen molar-refractivity contribution in [1.82, 2.24) is 15.0 Å². The summed E-state index contributed by atoms with van der Waals surface area (Å²) in [6.45, 7) is 0. The lowest BCUT2D eigenvalue weighted by Gasteiger charge is -1.95. The van der Waals surface area contributed by atoms with Gasteiger partial charge in [-0.05, 0) is 0 Å². The maximum absolute atomic E-state index is 10.6. The van der Waals surface area contributed by atoms with E-state index in [9.17, 15) is 4.79 Å². The van der Waals surface area contributed by atoms with Crippen LogP contribution in [-0.2, 0) is 0 Å². The Morgan fingerprint density at radius 3 is 2.92 bits per heavy atom. The van der Waals surface area contributed by atoms with E-state index >= 15 is 0 Å². The smallest absolute Gasteiger partial charge is 0.349 e. The van der Waals surface area contributed by atoms with Gasteiger partial charge in [-0.15, -0.1) is 0 Å². The molecule has 1 aromatic rings. The van der Waals surface area contributed by atoms with Crippen molar-refractivity contribution < 1.29 is 10.4 Å². The van der Waals surface area contributed by atoms with Gasteiger partial charge >= 0.3 is 5.69 Å². The molecule has 0 bridgehead atoms. The summed E-state index contributed by atoms with van der Waals surface area (Å²) in [5.41, 5.74) is 0.869. The first-order chi connectivity index (χ1) is 5.76.